The number of carboxylic acid groups (broad SMARTS) is 1. The molecule has 0 spiro atoms. The van der Waals surface area contributed by atoms with Gasteiger partial charge in [-0.25, -0.2) is 9.79 Å². The van der Waals surface area contributed by atoms with E-state index in [-0.39, 0.29) is 30.5 Å². The lowest BCUT2D eigenvalue weighted by Gasteiger charge is -2.11. The number of rotatable bonds is 7. The molecule has 0 aliphatic heterocycles. The Bertz CT molecular complexity index is 948. The molecule has 9 nitrogen and oxygen atoms in total. The summed E-state index contributed by atoms with van der Waals surface area (Å²) in [5, 5.41) is 9.44. The van der Waals surface area contributed by atoms with Gasteiger partial charge >= 0.3 is 11.9 Å². The fraction of sp³-hybridized carbons (Fsp3) is 0.200. The van der Waals surface area contributed by atoms with E-state index in [1.165, 1.54) is 17.0 Å². The molecule has 0 heterocycles. The van der Waals surface area contributed by atoms with Crippen LogP contribution in [-0.4, -0.2) is 54.5 Å². The second-order valence-corrected chi connectivity index (χ2v) is 6.39. The highest BCUT2D eigenvalue weighted by molar-refractivity contribution is 5.97. The van der Waals surface area contributed by atoms with E-state index in [1.54, 1.807) is 44.4 Å². The molecule has 9 heteroatoms. The van der Waals surface area contributed by atoms with Gasteiger partial charge in [-0.15, -0.1) is 0 Å². The third-order valence-corrected chi connectivity index (χ3v) is 3.96. The van der Waals surface area contributed by atoms with Crippen molar-refractivity contribution in [2.75, 3.05) is 20.7 Å². The van der Waals surface area contributed by atoms with Gasteiger partial charge in [0, 0.05) is 14.1 Å². The maximum absolute atomic E-state index is 11.9. The van der Waals surface area contributed by atoms with E-state index in [1.807, 2.05) is 0 Å². The van der Waals surface area contributed by atoms with Crippen LogP contribution in [0.3, 0.4) is 0 Å². The van der Waals surface area contributed by atoms with Crippen molar-refractivity contribution >= 4 is 29.5 Å². The van der Waals surface area contributed by atoms with Gasteiger partial charge in [-0.3, -0.25) is 9.59 Å². The molecule has 0 atom stereocenters. The van der Waals surface area contributed by atoms with Crippen LogP contribution in [0, 0.1) is 0 Å². The molecule has 1 amide bonds. The van der Waals surface area contributed by atoms with E-state index >= 15 is 0 Å². The Kier molecular flexibility index (Phi) is 6.91. The molecule has 0 fully saturated rings. The molecule has 0 aliphatic carbocycles. The Balaban J connectivity index is 2.19. The van der Waals surface area contributed by atoms with Crippen LogP contribution in [0.1, 0.15) is 15.9 Å². The predicted octanol–water partition coefficient (Wildman–Crippen LogP) is 1.13. The van der Waals surface area contributed by atoms with Crippen LogP contribution in [0.15, 0.2) is 47.5 Å². The van der Waals surface area contributed by atoms with Crippen molar-refractivity contribution in [3.05, 3.63) is 53.6 Å². The zero-order chi connectivity index (χ0) is 21.6. The number of carbonyl (C=O) groups is 3. The lowest BCUT2D eigenvalue weighted by Crippen LogP contribution is -2.27. The molecule has 2 rings (SSSR count). The van der Waals surface area contributed by atoms with E-state index < -0.39 is 11.9 Å². The minimum atomic E-state index is -1.09. The fourth-order valence-corrected chi connectivity index (χ4v) is 2.47. The molecule has 0 saturated carbocycles. The smallest absolute Gasteiger partial charge is 0.336 e. The maximum Gasteiger partial charge on any atom is 0.336 e. The summed E-state index contributed by atoms with van der Waals surface area (Å²) in [5.74, 6) is -2.07. The number of ether oxygens (including phenoxy) is 1. The van der Waals surface area contributed by atoms with Crippen molar-refractivity contribution < 1.29 is 24.2 Å². The Morgan fingerprint density at radius 3 is 2.28 bits per heavy atom. The molecular formula is C20H22N4O5. The average molecular weight is 398 g/mol. The van der Waals surface area contributed by atoms with E-state index in [2.05, 4.69) is 4.99 Å². The van der Waals surface area contributed by atoms with E-state index in [0.717, 1.165) is 0 Å². The summed E-state index contributed by atoms with van der Waals surface area (Å²) in [4.78, 5) is 40.1. The molecule has 0 bridgehead atoms. The number of carbonyl (C=O) groups excluding carboxylic acids is 2. The number of amides is 1. The molecule has 29 heavy (non-hydrogen) atoms. The van der Waals surface area contributed by atoms with Gasteiger partial charge in [0.25, 0.3) is 5.91 Å². The normalized spacial score (nSPS) is 10.1. The molecule has 0 unspecified atom stereocenters. The van der Waals surface area contributed by atoms with Crippen LogP contribution >= 0.6 is 0 Å². The number of hydrogen-bond donors (Lipinski definition) is 3. The van der Waals surface area contributed by atoms with Crippen molar-refractivity contribution in [1.29, 1.82) is 0 Å². The van der Waals surface area contributed by atoms with Crippen molar-refractivity contribution in [3.63, 3.8) is 0 Å². The SMILES string of the molecule is CN(C)C(=O)COC(=O)Cc1ccc(-c2cc(N=C(N)N)ccc2C(=O)O)cc1. The highest BCUT2D eigenvalue weighted by Crippen LogP contribution is 2.29. The number of aromatic carboxylic acids is 1. The lowest BCUT2D eigenvalue weighted by atomic mass is 9.97. The van der Waals surface area contributed by atoms with Crippen LogP contribution in [-0.2, 0) is 20.7 Å². The molecule has 0 saturated heterocycles. The minimum absolute atomic E-state index is 0.0131. The monoisotopic (exact) mass is 398 g/mol. The molecule has 0 aromatic heterocycles. The minimum Gasteiger partial charge on any atom is -0.478 e. The quantitative estimate of drug-likeness (QED) is 0.360. The number of guanidine groups is 1. The number of aliphatic imine (C=N–C) groups is 1. The zero-order valence-corrected chi connectivity index (χ0v) is 16.1. The molecular weight excluding hydrogens is 376 g/mol. The van der Waals surface area contributed by atoms with Crippen LogP contribution in [0.4, 0.5) is 5.69 Å². The maximum atomic E-state index is 11.9. The van der Waals surface area contributed by atoms with E-state index in [4.69, 9.17) is 16.2 Å². The van der Waals surface area contributed by atoms with E-state index in [9.17, 15) is 19.5 Å². The number of nitrogens with two attached hydrogens (primary N) is 2. The van der Waals surface area contributed by atoms with Crippen molar-refractivity contribution in [1.82, 2.24) is 4.90 Å². The highest BCUT2D eigenvalue weighted by Gasteiger charge is 2.14. The van der Waals surface area contributed by atoms with Gasteiger partial charge in [-0.2, -0.15) is 0 Å². The molecule has 2 aromatic carbocycles. The summed E-state index contributed by atoms with van der Waals surface area (Å²) >= 11 is 0. The Morgan fingerprint density at radius 2 is 1.72 bits per heavy atom. The summed E-state index contributed by atoms with van der Waals surface area (Å²) in [7, 11) is 3.14. The second kappa shape index (κ2) is 9.36. The molecule has 2 aromatic rings. The summed E-state index contributed by atoms with van der Waals surface area (Å²) in [6, 6.07) is 11.2. The molecule has 152 valence electrons. The standard InChI is InChI=1S/C20H22N4O5/c1-24(2)17(25)11-29-18(26)9-12-3-5-13(6-4-12)16-10-14(23-20(21)22)7-8-15(16)19(27)28/h3-8,10H,9,11H2,1-2H3,(H,27,28)(H4,21,22,23). The van der Waals surface area contributed by atoms with Crippen molar-refractivity contribution in [2.24, 2.45) is 16.5 Å². The topological polar surface area (TPSA) is 148 Å². The first-order chi connectivity index (χ1) is 13.7. The molecule has 0 radical (unpaired) electrons. The van der Waals surface area contributed by atoms with Gasteiger partial charge in [0.1, 0.15) is 0 Å². The fourth-order valence-electron chi connectivity index (χ4n) is 2.47. The first-order valence-corrected chi connectivity index (χ1v) is 8.59. The summed E-state index contributed by atoms with van der Waals surface area (Å²) < 4.78 is 4.94. The third kappa shape index (κ3) is 6.06. The van der Waals surface area contributed by atoms with Gasteiger partial charge in [0.15, 0.2) is 12.6 Å². The number of likely N-dealkylation sites (N-methyl/N-ethyl adjacent to an activating group) is 1. The largest absolute Gasteiger partial charge is 0.478 e. The number of hydrogen-bond acceptors (Lipinski definition) is 5. The number of esters is 1. The van der Waals surface area contributed by atoms with Gasteiger partial charge < -0.3 is 26.2 Å². The molecule has 5 N–H and O–H groups in total. The Morgan fingerprint density at radius 1 is 1.07 bits per heavy atom. The lowest BCUT2D eigenvalue weighted by molar-refractivity contribution is -0.150. The van der Waals surface area contributed by atoms with Crippen molar-refractivity contribution in [2.45, 2.75) is 6.42 Å². The highest BCUT2D eigenvalue weighted by atomic mass is 16.5. The van der Waals surface area contributed by atoms with E-state index in [0.29, 0.717) is 22.4 Å². The summed E-state index contributed by atoms with van der Waals surface area (Å²) in [6.45, 7) is -0.316. The summed E-state index contributed by atoms with van der Waals surface area (Å²) in [6.07, 6.45) is -0.0131. The van der Waals surface area contributed by atoms with Crippen LogP contribution in [0.25, 0.3) is 11.1 Å². The summed E-state index contributed by atoms with van der Waals surface area (Å²) in [5.41, 5.74) is 13.0. The number of carboxylic acids is 1. The van der Waals surface area contributed by atoms with Crippen LogP contribution in [0.2, 0.25) is 0 Å². The number of benzene rings is 2. The Hall–Kier alpha value is -3.88. The van der Waals surface area contributed by atoms with Gasteiger partial charge in [0.05, 0.1) is 17.7 Å². The molecule has 0 aliphatic rings. The average Bonchev–Trinajstić information content (AvgIpc) is 2.65. The van der Waals surface area contributed by atoms with Gasteiger partial charge in [0.2, 0.25) is 0 Å². The second-order valence-electron chi connectivity index (χ2n) is 6.39. The first kappa shape index (κ1) is 21.4. The van der Waals surface area contributed by atoms with Crippen LogP contribution < -0.4 is 11.5 Å². The predicted molar refractivity (Wildman–Crippen MR) is 108 cm³/mol. The van der Waals surface area contributed by atoms with Gasteiger partial charge in [-0.05, 0) is 34.9 Å². The van der Waals surface area contributed by atoms with Gasteiger partial charge in [-0.1, -0.05) is 24.3 Å². The zero-order valence-electron chi connectivity index (χ0n) is 16.1. The van der Waals surface area contributed by atoms with Crippen molar-refractivity contribution in [3.8, 4) is 11.1 Å². The Labute approximate surface area is 167 Å². The van der Waals surface area contributed by atoms with Crippen LogP contribution in [0.5, 0.6) is 0 Å². The third-order valence-electron chi connectivity index (χ3n) is 3.96. The number of nitrogens with zero attached hydrogens (tertiary/aromatic N) is 2. The first-order valence-electron chi connectivity index (χ1n) is 8.59.